The van der Waals surface area contributed by atoms with Gasteiger partial charge in [0.25, 0.3) is 0 Å². The molecule has 94 valence electrons. The van der Waals surface area contributed by atoms with Crippen LogP contribution in [0.25, 0.3) is 0 Å². The van der Waals surface area contributed by atoms with E-state index in [4.69, 9.17) is 10.5 Å². The molecule has 0 amide bonds. The van der Waals surface area contributed by atoms with Crippen molar-refractivity contribution in [2.45, 2.75) is 20.5 Å². The fraction of sp³-hybridized carbons (Fsp3) is 0.200. The molecule has 0 aliphatic heterocycles. The minimum Gasteiger partial charge on any atom is -0.489 e. The van der Waals surface area contributed by atoms with E-state index >= 15 is 0 Å². The van der Waals surface area contributed by atoms with Crippen molar-refractivity contribution in [1.82, 2.24) is 0 Å². The van der Waals surface area contributed by atoms with E-state index in [1.807, 2.05) is 32.0 Å². The maximum Gasteiger partial charge on any atom is 0.123 e. The summed E-state index contributed by atoms with van der Waals surface area (Å²) >= 11 is 0. The molecule has 0 aliphatic carbocycles. The summed E-state index contributed by atoms with van der Waals surface area (Å²) < 4.78 is 18.6. The third kappa shape index (κ3) is 2.80. The van der Waals surface area contributed by atoms with Crippen LogP contribution in [0.1, 0.15) is 16.7 Å². The lowest BCUT2D eigenvalue weighted by Crippen LogP contribution is -1.99. The largest absolute Gasteiger partial charge is 0.489 e. The summed E-state index contributed by atoms with van der Waals surface area (Å²) in [6.45, 7) is 4.23. The maximum atomic E-state index is 13.0. The molecule has 0 saturated carbocycles. The molecule has 0 fully saturated rings. The van der Waals surface area contributed by atoms with Gasteiger partial charge >= 0.3 is 0 Å². The monoisotopic (exact) mass is 245 g/mol. The Morgan fingerprint density at radius 2 is 1.78 bits per heavy atom. The van der Waals surface area contributed by atoms with E-state index in [1.165, 1.54) is 12.1 Å². The molecule has 0 spiro atoms. The molecule has 2 rings (SSSR count). The summed E-state index contributed by atoms with van der Waals surface area (Å²) in [5, 5.41) is 0. The van der Waals surface area contributed by atoms with Crippen molar-refractivity contribution in [3.63, 3.8) is 0 Å². The lowest BCUT2D eigenvalue weighted by atomic mass is 10.1. The molecule has 2 aromatic rings. The van der Waals surface area contributed by atoms with Gasteiger partial charge in [0, 0.05) is 5.69 Å². The number of rotatable bonds is 3. The number of anilines is 1. The molecule has 3 heteroatoms. The quantitative estimate of drug-likeness (QED) is 0.838. The van der Waals surface area contributed by atoms with Crippen molar-refractivity contribution in [2.75, 3.05) is 5.73 Å². The number of benzene rings is 2. The smallest absolute Gasteiger partial charge is 0.123 e. The molecule has 0 heterocycles. The second kappa shape index (κ2) is 5.08. The first kappa shape index (κ1) is 12.4. The average Bonchev–Trinajstić information content (AvgIpc) is 2.33. The number of aryl methyl sites for hydroxylation is 2. The predicted molar refractivity (Wildman–Crippen MR) is 71.1 cm³/mol. The lowest BCUT2D eigenvalue weighted by molar-refractivity contribution is 0.305. The van der Waals surface area contributed by atoms with Crippen LogP contribution in [0.4, 0.5) is 10.1 Å². The predicted octanol–water partition coefficient (Wildman–Crippen LogP) is 3.60. The fourth-order valence-corrected chi connectivity index (χ4v) is 1.81. The van der Waals surface area contributed by atoms with E-state index in [1.54, 1.807) is 6.07 Å². The van der Waals surface area contributed by atoms with Gasteiger partial charge in [0.1, 0.15) is 18.2 Å². The molecule has 0 saturated heterocycles. The highest BCUT2D eigenvalue weighted by molar-refractivity contribution is 5.56. The zero-order valence-electron chi connectivity index (χ0n) is 10.5. The van der Waals surface area contributed by atoms with Crippen LogP contribution in [0.15, 0.2) is 36.4 Å². The van der Waals surface area contributed by atoms with Crippen molar-refractivity contribution < 1.29 is 9.13 Å². The Morgan fingerprint density at radius 3 is 2.39 bits per heavy atom. The fourth-order valence-electron chi connectivity index (χ4n) is 1.81. The Bertz CT molecular complexity index is 543. The lowest BCUT2D eigenvalue weighted by Gasteiger charge is -2.10. The molecule has 18 heavy (non-hydrogen) atoms. The Balaban J connectivity index is 2.11. The highest BCUT2D eigenvalue weighted by atomic mass is 19.1. The summed E-state index contributed by atoms with van der Waals surface area (Å²) in [6, 6.07) is 10.2. The Hall–Kier alpha value is -2.03. The first-order valence-corrected chi connectivity index (χ1v) is 5.80. The van der Waals surface area contributed by atoms with E-state index in [0.29, 0.717) is 6.61 Å². The van der Waals surface area contributed by atoms with Crippen molar-refractivity contribution in [2.24, 2.45) is 0 Å². The van der Waals surface area contributed by atoms with Gasteiger partial charge in [0.15, 0.2) is 0 Å². The number of ether oxygens (including phenoxy) is 1. The highest BCUT2D eigenvalue weighted by Crippen LogP contribution is 2.24. The highest BCUT2D eigenvalue weighted by Gasteiger charge is 2.03. The van der Waals surface area contributed by atoms with Crippen molar-refractivity contribution in [1.29, 1.82) is 0 Å². The van der Waals surface area contributed by atoms with Gasteiger partial charge in [0.2, 0.25) is 0 Å². The maximum absolute atomic E-state index is 13.0. The summed E-state index contributed by atoms with van der Waals surface area (Å²) in [4.78, 5) is 0. The van der Waals surface area contributed by atoms with E-state index < -0.39 is 0 Å². The minimum atomic E-state index is -0.249. The van der Waals surface area contributed by atoms with E-state index in [9.17, 15) is 4.39 Å². The van der Waals surface area contributed by atoms with Crippen LogP contribution in [-0.4, -0.2) is 0 Å². The van der Waals surface area contributed by atoms with Crippen molar-refractivity contribution in [3.05, 3.63) is 58.9 Å². The SMILES string of the molecule is Cc1cc(OCc2cccc(F)c2)cc(C)c1N. The molecule has 2 aromatic carbocycles. The topological polar surface area (TPSA) is 35.2 Å². The van der Waals surface area contributed by atoms with Crippen LogP contribution in [0.3, 0.4) is 0 Å². The summed E-state index contributed by atoms with van der Waals surface area (Å²) in [5.41, 5.74) is 9.45. The zero-order chi connectivity index (χ0) is 13.1. The van der Waals surface area contributed by atoms with Gasteiger partial charge in [0.05, 0.1) is 0 Å². The number of nitrogen functional groups attached to an aromatic ring is 1. The Morgan fingerprint density at radius 1 is 1.11 bits per heavy atom. The van der Waals surface area contributed by atoms with Crippen molar-refractivity contribution >= 4 is 5.69 Å². The number of hydrogen-bond donors (Lipinski definition) is 1. The Kier molecular flexibility index (Phi) is 3.51. The molecular weight excluding hydrogens is 229 g/mol. The van der Waals surface area contributed by atoms with Gasteiger partial charge in [-0.1, -0.05) is 12.1 Å². The zero-order valence-corrected chi connectivity index (χ0v) is 10.5. The normalized spacial score (nSPS) is 10.4. The number of hydrogen-bond acceptors (Lipinski definition) is 2. The van der Waals surface area contributed by atoms with Crippen LogP contribution >= 0.6 is 0 Å². The summed E-state index contributed by atoms with van der Waals surface area (Å²) in [6.07, 6.45) is 0. The van der Waals surface area contributed by atoms with Gasteiger partial charge < -0.3 is 10.5 Å². The summed E-state index contributed by atoms with van der Waals surface area (Å²) in [7, 11) is 0. The van der Waals surface area contributed by atoms with Gasteiger partial charge in [-0.15, -0.1) is 0 Å². The van der Waals surface area contributed by atoms with E-state index in [0.717, 1.165) is 28.1 Å². The molecule has 2 N–H and O–H groups in total. The van der Waals surface area contributed by atoms with E-state index in [-0.39, 0.29) is 5.82 Å². The minimum absolute atomic E-state index is 0.249. The van der Waals surface area contributed by atoms with Gasteiger partial charge in [-0.05, 0) is 54.8 Å². The first-order valence-electron chi connectivity index (χ1n) is 5.80. The molecular formula is C15H16FNO. The second-order valence-corrected chi connectivity index (χ2v) is 4.39. The van der Waals surface area contributed by atoms with Crippen LogP contribution in [0.5, 0.6) is 5.75 Å². The average molecular weight is 245 g/mol. The van der Waals surface area contributed by atoms with Crippen molar-refractivity contribution in [3.8, 4) is 5.75 Å². The van der Waals surface area contributed by atoms with Gasteiger partial charge in [-0.2, -0.15) is 0 Å². The van der Waals surface area contributed by atoms with Crippen LogP contribution in [-0.2, 0) is 6.61 Å². The van der Waals surface area contributed by atoms with Crippen LogP contribution < -0.4 is 10.5 Å². The number of halogens is 1. The Labute approximate surface area is 106 Å². The summed E-state index contributed by atoms with van der Waals surface area (Å²) in [5.74, 6) is 0.504. The number of nitrogens with two attached hydrogens (primary N) is 1. The van der Waals surface area contributed by atoms with Crippen LogP contribution in [0.2, 0.25) is 0 Å². The van der Waals surface area contributed by atoms with E-state index in [2.05, 4.69) is 0 Å². The molecule has 0 unspecified atom stereocenters. The molecule has 2 nitrogen and oxygen atoms in total. The standard InChI is InChI=1S/C15H16FNO/c1-10-6-14(7-11(2)15(10)17)18-9-12-4-3-5-13(16)8-12/h3-8H,9,17H2,1-2H3. The first-order chi connectivity index (χ1) is 8.56. The second-order valence-electron chi connectivity index (χ2n) is 4.39. The third-order valence-electron chi connectivity index (χ3n) is 2.86. The van der Waals surface area contributed by atoms with Gasteiger partial charge in [-0.25, -0.2) is 4.39 Å². The van der Waals surface area contributed by atoms with Gasteiger partial charge in [-0.3, -0.25) is 0 Å². The van der Waals surface area contributed by atoms with Crippen LogP contribution in [0, 0.1) is 19.7 Å². The molecule has 0 radical (unpaired) electrons. The molecule has 0 bridgehead atoms. The molecule has 0 aromatic heterocycles. The molecule has 0 atom stereocenters. The molecule has 0 aliphatic rings. The third-order valence-corrected chi connectivity index (χ3v) is 2.86.